The van der Waals surface area contributed by atoms with Crippen LogP contribution in [0.2, 0.25) is 0 Å². The number of anilines is 2. The minimum atomic E-state index is -0.361. The van der Waals surface area contributed by atoms with Crippen molar-refractivity contribution in [3.05, 3.63) is 28.6 Å². The zero-order valence-electron chi connectivity index (χ0n) is 13.4. The largest absolute Gasteiger partial charge is 0.375 e. The van der Waals surface area contributed by atoms with Gasteiger partial charge in [0, 0.05) is 28.1 Å². The fourth-order valence-corrected chi connectivity index (χ4v) is 3.56. The molecule has 0 saturated carbocycles. The molecule has 2 N–H and O–H groups in total. The monoisotopic (exact) mass is 315 g/mol. The van der Waals surface area contributed by atoms with E-state index >= 15 is 0 Å². The summed E-state index contributed by atoms with van der Waals surface area (Å²) in [5.74, 6) is 0.174. The number of aryl methyl sites for hydroxylation is 1. The van der Waals surface area contributed by atoms with Gasteiger partial charge in [-0.1, -0.05) is 26.8 Å². The molecular weight excluding hydrogens is 294 g/mol. The summed E-state index contributed by atoms with van der Waals surface area (Å²) in [7, 11) is 0. The van der Waals surface area contributed by atoms with Gasteiger partial charge in [-0.05, 0) is 31.0 Å². The SMILES string of the molecule is Cc1sc(N)nc1-c1ccc2c(c1)CCN2C(=O)C(C)(C)C. The number of nitrogens with two attached hydrogens (primary N) is 1. The highest BCUT2D eigenvalue weighted by atomic mass is 32.1. The van der Waals surface area contributed by atoms with Crippen molar-refractivity contribution in [2.24, 2.45) is 5.41 Å². The van der Waals surface area contributed by atoms with Gasteiger partial charge in [-0.15, -0.1) is 11.3 Å². The Kier molecular flexibility index (Phi) is 3.48. The molecule has 0 radical (unpaired) electrons. The third-order valence-electron chi connectivity index (χ3n) is 3.95. The van der Waals surface area contributed by atoms with Crippen LogP contribution in [-0.4, -0.2) is 17.4 Å². The highest BCUT2D eigenvalue weighted by Crippen LogP contribution is 2.36. The molecule has 1 aliphatic rings. The van der Waals surface area contributed by atoms with E-state index < -0.39 is 0 Å². The molecule has 2 aromatic rings. The minimum absolute atomic E-state index is 0.174. The smallest absolute Gasteiger partial charge is 0.232 e. The minimum Gasteiger partial charge on any atom is -0.375 e. The Morgan fingerprint density at radius 3 is 2.68 bits per heavy atom. The zero-order valence-corrected chi connectivity index (χ0v) is 14.3. The lowest BCUT2D eigenvalue weighted by atomic mass is 9.94. The Morgan fingerprint density at radius 2 is 2.09 bits per heavy atom. The molecule has 0 atom stereocenters. The van der Waals surface area contributed by atoms with Crippen LogP contribution < -0.4 is 10.6 Å². The van der Waals surface area contributed by atoms with Crippen molar-refractivity contribution in [1.29, 1.82) is 0 Å². The van der Waals surface area contributed by atoms with Crippen LogP contribution >= 0.6 is 11.3 Å². The lowest BCUT2D eigenvalue weighted by Gasteiger charge is -2.26. The van der Waals surface area contributed by atoms with Crippen molar-refractivity contribution in [1.82, 2.24) is 4.98 Å². The Bertz CT molecular complexity index is 743. The molecule has 5 heteroatoms. The number of hydrogen-bond acceptors (Lipinski definition) is 4. The molecule has 0 fully saturated rings. The van der Waals surface area contributed by atoms with Crippen molar-refractivity contribution in [3.8, 4) is 11.3 Å². The number of rotatable bonds is 1. The van der Waals surface area contributed by atoms with E-state index in [1.807, 2.05) is 44.7 Å². The van der Waals surface area contributed by atoms with Crippen molar-refractivity contribution >= 4 is 28.1 Å². The summed E-state index contributed by atoms with van der Waals surface area (Å²) in [6, 6.07) is 6.22. The van der Waals surface area contributed by atoms with E-state index in [0.29, 0.717) is 5.13 Å². The van der Waals surface area contributed by atoms with Gasteiger partial charge in [0.2, 0.25) is 5.91 Å². The van der Waals surface area contributed by atoms with Gasteiger partial charge in [-0.25, -0.2) is 4.98 Å². The number of thiazole rings is 1. The van der Waals surface area contributed by atoms with Gasteiger partial charge in [0.1, 0.15) is 0 Å². The highest BCUT2D eigenvalue weighted by Gasteiger charge is 2.32. The van der Waals surface area contributed by atoms with E-state index in [1.165, 1.54) is 16.9 Å². The average Bonchev–Trinajstić information content (AvgIpc) is 2.99. The maximum absolute atomic E-state index is 12.5. The molecule has 3 rings (SSSR count). The van der Waals surface area contributed by atoms with Crippen LogP contribution in [0.1, 0.15) is 31.2 Å². The Morgan fingerprint density at radius 1 is 1.36 bits per heavy atom. The summed E-state index contributed by atoms with van der Waals surface area (Å²) >= 11 is 1.51. The Hall–Kier alpha value is -1.88. The molecule has 1 aromatic heterocycles. The van der Waals surface area contributed by atoms with Crippen LogP contribution in [0, 0.1) is 12.3 Å². The number of aromatic nitrogens is 1. The van der Waals surface area contributed by atoms with E-state index in [0.717, 1.165) is 34.8 Å². The van der Waals surface area contributed by atoms with E-state index in [4.69, 9.17) is 5.73 Å². The van der Waals surface area contributed by atoms with Crippen molar-refractivity contribution < 1.29 is 4.79 Å². The Balaban J connectivity index is 1.97. The van der Waals surface area contributed by atoms with Gasteiger partial charge in [-0.3, -0.25) is 4.79 Å². The van der Waals surface area contributed by atoms with Crippen LogP contribution in [0.3, 0.4) is 0 Å². The van der Waals surface area contributed by atoms with Gasteiger partial charge in [0.25, 0.3) is 0 Å². The fourth-order valence-electron chi connectivity index (χ4n) is 2.85. The Labute approximate surface area is 135 Å². The molecule has 0 spiro atoms. The molecule has 0 bridgehead atoms. The summed E-state index contributed by atoms with van der Waals surface area (Å²) in [6.45, 7) is 8.68. The molecule has 0 aliphatic carbocycles. The molecule has 0 unspecified atom stereocenters. The topological polar surface area (TPSA) is 59.2 Å². The maximum atomic E-state index is 12.5. The number of fused-ring (bicyclic) bond motifs is 1. The second kappa shape index (κ2) is 5.09. The molecule has 22 heavy (non-hydrogen) atoms. The van der Waals surface area contributed by atoms with Crippen molar-refractivity contribution in [3.63, 3.8) is 0 Å². The van der Waals surface area contributed by atoms with Crippen molar-refractivity contribution in [2.75, 3.05) is 17.2 Å². The van der Waals surface area contributed by atoms with Gasteiger partial charge in [0.05, 0.1) is 5.69 Å². The number of nitrogen functional groups attached to an aromatic ring is 1. The average molecular weight is 315 g/mol. The number of carbonyl (C=O) groups is 1. The third kappa shape index (κ3) is 2.50. The quantitative estimate of drug-likeness (QED) is 0.874. The first kappa shape index (κ1) is 15.0. The van der Waals surface area contributed by atoms with E-state index in [1.54, 1.807) is 0 Å². The summed E-state index contributed by atoms with van der Waals surface area (Å²) in [4.78, 5) is 20.0. The summed E-state index contributed by atoms with van der Waals surface area (Å²) < 4.78 is 0. The van der Waals surface area contributed by atoms with Crippen LogP contribution in [0.5, 0.6) is 0 Å². The molecule has 1 amide bonds. The molecule has 116 valence electrons. The zero-order chi connectivity index (χ0) is 16.1. The lowest BCUT2D eigenvalue weighted by molar-refractivity contribution is -0.125. The third-order valence-corrected chi connectivity index (χ3v) is 4.75. The molecule has 2 heterocycles. The van der Waals surface area contributed by atoms with Crippen molar-refractivity contribution in [2.45, 2.75) is 34.1 Å². The first-order chi connectivity index (χ1) is 10.3. The van der Waals surface area contributed by atoms with Gasteiger partial charge in [0.15, 0.2) is 5.13 Å². The second-order valence-electron chi connectivity index (χ2n) is 6.76. The lowest BCUT2D eigenvalue weighted by Crippen LogP contribution is -2.38. The van der Waals surface area contributed by atoms with E-state index in [2.05, 4.69) is 11.1 Å². The van der Waals surface area contributed by atoms with Gasteiger partial charge < -0.3 is 10.6 Å². The normalized spacial score (nSPS) is 14.3. The summed E-state index contributed by atoms with van der Waals surface area (Å²) in [5, 5.41) is 0.595. The summed E-state index contributed by atoms with van der Waals surface area (Å²) in [5.41, 5.74) is 9.70. The number of amides is 1. The predicted octanol–water partition coefficient (Wildman–Crippen LogP) is 3.64. The van der Waals surface area contributed by atoms with Crippen LogP contribution in [0.4, 0.5) is 10.8 Å². The molecule has 0 saturated heterocycles. The highest BCUT2D eigenvalue weighted by molar-refractivity contribution is 7.15. The number of nitrogens with zero attached hydrogens (tertiary/aromatic N) is 2. The van der Waals surface area contributed by atoms with E-state index in [-0.39, 0.29) is 11.3 Å². The number of benzene rings is 1. The molecule has 1 aromatic carbocycles. The van der Waals surface area contributed by atoms with E-state index in [9.17, 15) is 4.79 Å². The maximum Gasteiger partial charge on any atom is 0.232 e. The first-order valence-corrected chi connectivity index (χ1v) is 8.27. The number of hydrogen-bond donors (Lipinski definition) is 1. The summed E-state index contributed by atoms with van der Waals surface area (Å²) in [6.07, 6.45) is 0.893. The first-order valence-electron chi connectivity index (χ1n) is 7.45. The van der Waals surface area contributed by atoms with Crippen LogP contribution in [0.25, 0.3) is 11.3 Å². The van der Waals surface area contributed by atoms with Gasteiger partial charge >= 0.3 is 0 Å². The van der Waals surface area contributed by atoms with Gasteiger partial charge in [-0.2, -0.15) is 0 Å². The van der Waals surface area contributed by atoms with Crippen LogP contribution in [0.15, 0.2) is 18.2 Å². The number of carbonyl (C=O) groups excluding carboxylic acids is 1. The molecule has 1 aliphatic heterocycles. The standard InChI is InChI=1S/C17H21N3OS/c1-10-14(19-16(18)22-10)12-5-6-13-11(9-12)7-8-20(13)15(21)17(2,3)4/h5-6,9H,7-8H2,1-4H3,(H2,18,19). The fraction of sp³-hybridized carbons (Fsp3) is 0.412. The van der Waals surface area contributed by atoms with Crippen LogP contribution in [-0.2, 0) is 11.2 Å². The molecular formula is C17H21N3OS. The second-order valence-corrected chi connectivity index (χ2v) is 7.99. The predicted molar refractivity (Wildman–Crippen MR) is 92.2 cm³/mol. The molecule has 4 nitrogen and oxygen atoms in total.